The molecule has 0 N–H and O–H groups in total. The fourth-order valence-electron chi connectivity index (χ4n) is 2.44. The number of rotatable bonds is 8. The summed E-state index contributed by atoms with van der Waals surface area (Å²) in [5.74, 6) is 0.979. The number of ether oxygens (including phenoxy) is 2. The summed E-state index contributed by atoms with van der Waals surface area (Å²) >= 11 is 0. The van der Waals surface area contributed by atoms with E-state index in [0.717, 1.165) is 12.2 Å². The van der Waals surface area contributed by atoms with E-state index in [0.29, 0.717) is 0 Å². The van der Waals surface area contributed by atoms with Crippen LogP contribution < -0.4 is 0 Å². The number of allylic oxidation sites excluding steroid dienone is 5. The minimum atomic E-state index is -0.0861. The van der Waals surface area contributed by atoms with Gasteiger partial charge in [-0.2, -0.15) is 0 Å². The molecule has 0 rings (SSSR count). The van der Waals surface area contributed by atoms with Gasteiger partial charge in [0, 0.05) is 31.7 Å². The molecular weight excluding hydrogens is 310 g/mol. The van der Waals surface area contributed by atoms with Crippen LogP contribution in [0.15, 0.2) is 35.8 Å². The molecule has 25 heavy (non-hydrogen) atoms. The number of nitrogens with zero attached hydrogens (tertiary/aromatic N) is 1. The van der Waals surface area contributed by atoms with Crippen molar-refractivity contribution in [2.75, 3.05) is 14.2 Å². The van der Waals surface area contributed by atoms with Gasteiger partial charge >= 0.3 is 0 Å². The van der Waals surface area contributed by atoms with Crippen LogP contribution in [0.5, 0.6) is 0 Å². The highest BCUT2D eigenvalue weighted by molar-refractivity contribution is 5.11. The third-order valence-electron chi connectivity index (χ3n) is 4.28. The Kier molecular flexibility index (Phi) is 9.57. The molecule has 0 spiro atoms. The highest BCUT2D eigenvalue weighted by Gasteiger charge is 2.29. The van der Waals surface area contributed by atoms with Crippen molar-refractivity contribution in [1.29, 1.82) is 0 Å². The van der Waals surface area contributed by atoms with Crippen LogP contribution in [0.3, 0.4) is 0 Å². The van der Waals surface area contributed by atoms with E-state index in [1.165, 1.54) is 5.70 Å². The molecule has 3 heteroatoms. The zero-order chi connectivity index (χ0) is 19.8. The van der Waals surface area contributed by atoms with Gasteiger partial charge in [-0.3, -0.25) is 0 Å². The molecule has 1 unspecified atom stereocenters. The number of hydrogen-bond donors (Lipinski definition) is 0. The largest absolute Gasteiger partial charge is 0.475 e. The molecule has 0 aliphatic heterocycles. The Morgan fingerprint density at radius 2 is 1.68 bits per heavy atom. The first-order chi connectivity index (χ1) is 11.4. The lowest BCUT2D eigenvalue weighted by atomic mass is 9.85. The maximum atomic E-state index is 6.50. The van der Waals surface area contributed by atoms with Gasteiger partial charge in [-0.25, -0.2) is 0 Å². The van der Waals surface area contributed by atoms with Crippen LogP contribution in [-0.4, -0.2) is 31.4 Å². The van der Waals surface area contributed by atoms with E-state index in [9.17, 15) is 0 Å². The Bertz CT molecular complexity index is 475. The second kappa shape index (κ2) is 10.1. The van der Waals surface area contributed by atoms with Crippen molar-refractivity contribution >= 4 is 0 Å². The standard InChI is InChI=1S/C22H41NO2/c1-12-14-15-17(3)23(10)20(13-2)25-19(22(7,8)9)16-18(24-11)21(4,5)6/h12,14-16,18,20H,13H2,1-11H3/b14-12-,17-15+,19-16-/t18?,20-/m1/s1. The van der Waals surface area contributed by atoms with Crippen molar-refractivity contribution in [1.82, 2.24) is 4.90 Å². The van der Waals surface area contributed by atoms with Crippen LogP contribution in [-0.2, 0) is 9.47 Å². The van der Waals surface area contributed by atoms with Gasteiger partial charge in [0.1, 0.15) is 5.76 Å². The van der Waals surface area contributed by atoms with E-state index in [1.54, 1.807) is 7.11 Å². The summed E-state index contributed by atoms with van der Waals surface area (Å²) < 4.78 is 12.2. The van der Waals surface area contributed by atoms with E-state index in [-0.39, 0.29) is 23.2 Å². The predicted molar refractivity (Wildman–Crippen MR) is 109 cm³/mol. The summed E-state index contributed by atoms with van der Waals surface area (Å²) in [6.07, 6.45) is 9.25. The molecular formula is C22H41NO2. The van der Waals surface area contributed by atoms with Crippen LogP contribution >= 0.6 is 0 Å². The SMILES string of the molecule is C/C=C\C=C(/C)N(C)[C@@H](CC)O/C(=C\C(OC)C(C)(C)C)C(C)(C)C. The lowest BCUT2D eigenvalue weighted by Crippen LogP contribution is -2.35. The molecule has 3 nitrogen and oxygen atoms in total. The minimum Gasteiger partial charge on any atom is -0.475 e. The molecule has 2 atom stereocenters. The smallest absolute Gasteiger partial charge is 0.171 e. The Labute approximate surface area is 156 Å². The minimum absolute atomic E-state index is 0.00389. The fourth-order valence-corrected chi connectivity index (χ4v) is 2.44. The van der Waals surface area contributed by atoms with Gasteiger partial charge in [0.05, 0.1) is 6.10 Å². The molecule has 0 saturated heterocycles. The van der Waals surface area contributed by atoms with Crippen molar-refractivity contribution in [3.05, 3.63) is 35.8 Å². The maximum absolute atomic E-state index is 6.50. The van der Waals surface area contributed by atoms with Crippen LogP contribution in [0.2, 0.25) is 0 Å². The molecule has 0 aliphatic carbocycles. The van der Waals surface area contributed by atoms with E-state index in [2.05, 4.69) is 85.6 Å². The average Bonchev–Trinajstić information content (AvgIpc) is 2.49. The monoisotopic (exact) mass is 351 g/mol. The average molecular weight is 352 g/mol. The second-order valence-corrected chi connectivity index (χ2v) is 8.73. The molecule has 0 aromatic heterocycles. The van der Waals surface area contributed by atoms with Gasteiger partial charge in [0.15, 0.2) is 6.23 Å². The van der Waals surface area contributed by atoms with Crippen molar-refractivity contribution in [2.24, 2.45) is 10.8 Å². The van der Waals surface area contributed by atoms with Gasteiger partial charge in [0.25, 0.3) is 0 Å². The Morgan fingerprint density at radius 3 is 2.04 bits per heavy atom. The summed E-state index contributed by atoms with van der Waals surface area (Å²) in [7, 11) is 3.85. The Morgan fingerprint density at radius 1 is 1.12 bits per heavy atom. The van der Waals surface area contributed by atoms with Gasteiger partial charge in [-0.1, -0.05) is 60.6 Å². The molecule has 0 bridgehead atoms. The Balaban J connectivity index is 5.64. The zero-order valence-corrected chi connectivity index (χ0v) is 18.4. The lowest BCUT2D eigenvalue weighted by molar-refractivity contribution is -0.0197. The second-order valence-electron chi connectivity index (χ2n) is 8.73. The molecule has 146 valence electrons. The molecule has 0 fully saturated rings. The van der Waals surface area contributed by atoms with Crippen molar-refractivity contribution < 1.29 is 9.47 Å². The molecule has 0 heterocycles. The van der Waals surface area contributed by atoms with E-state index in [4.69, 9.17) is 9.47 Å². The van der Waals surface area contributed by atoms with Crippen LogP contribution in [0, 0.1) is 10.8 Å². The van der Waals surface area contributed by atoms with Gasteiger partial charge in [0.2, 0.25) is 0 Å². The van der Waals surface area contributed by atoms with E-state index < -0.39 is 0 Å². The highest BCUT2D eigenvalue weighted by atomic mass is 16.5. The molecule has 0 aromatic carbocycles. The summed E-state index contributed by atoms with van der Waals surface area (Å²) in [4.78, 5) is 2.19. The van der Waals surface area contributed by atoms with Gasteiger partial charge < -0.3 is 14.4 Å². The van der Waals surface area contributed by atoms with Gasteiger partial charge in [-0.05, 0) is 31.4 Å². The highest BCUT2D eigenvalue weighted by Crippen LogP contribution is 2.33. The molecule has 0 aliphatic rings. The summed E-state index contributed by atoms with van der Waals surface area (Å²) in [6, 6.07) is 0. The molecule has 0 saturated carbocycles. The van der Waals surface area contributed by atoms with Crippen molar-refractivity contribution in [3.63, 3.8) is 0 Å². The first kappa shape index (κ1) is 23.8. The fraction of sp³-hybridized carbons (Fsp3) is 0.727. The van der Waals surface area contributed by atoms with Crippen LogP contribution in [0.25, 0.3) is 0 Å². The molecule has 0 aromatic rings. The third-order valence-corrected chi connectivity index (χ3v) is 4.28. The first-order valence-corrected chi connectivity index (χ1v) is 9.32. The van der Waals surface area contributed by atoms with Crippen LogP contribution in [0.1, 0.15) is 68.7 Å². The van der Waals surface area contributed by atoms with E-state index >= 15 is 0 Å². The summed E-state index contributed by atoms with van der Waals surface area (Å²) in [6.45, 7) is 19.4. The van der Waals surface area contributed by atoms with Crippen LogP contribution in [0.4, 0.5) is 0 Å². The van der Waals surface area contributed by atoms with E-state index in [1.807, 2.05) is 13.0 Å². The predicted octanol–water partition coefficient (Wildman–Crippen LogP) is 6.14. The topological polar surface area (TPSA) is 21.7 Å². The van der Waals surface area contributed by atoms with Crippen molar-refractivity contribution in [2.45, 2.75) is 81.1 Å². The Hall–Kier alpha value is -1.22. The summed E-state index contributed by atoms with van der Waals surface area (Å²) in [5.41, 5.74) is 1.11. The van der Waals surface area contributed by atoms with Crippen molar-refractivity contribution in [3.8, 4) is 0 Å². The molecule has 0 radical (unpaired) electrons. The quantitative estimate of drug-likeness (QED) is 0.298. The van der Waals surface area contributed by atoms with Gasteiger partial charge in [-0.15, -0.1) is 0 Å². The maximum Gasteiger partial charge on any atom is 0.171 e. The normalized spacial score (nSPS) is 16.9. The zero-order valence-electron chi connectivity index (χ0n) is 18.4. The first-order valence-electron chi connectivity index (χ1n) is 9.32. The lowest BCUT2D eigenvalue weighted by Gasteiger charge is -2.36. The third kappa shape index (κ3) is 8.13. The number of hydrogen-bond acceptors (Lipinski definition) is 3. The summed E-state index contributed by atoms with van der Waals surface area (Å²) in [5, 5.41) is 0. The number of methoxy groups -OCH3 is 1. The molecule has 0 amide bonds.